The van der Waals surface area contributed by atoms with Crippen LogP contribution in [0.5, 0.6) is 0 Å². The Hall–Kier alpha value is -1.01. The van der Waals surface area contributed by atoms with Crippen molar-refractivity contribution in [3.05, 3.63) is 30.1 Å². The van der Waals surface area contributed by atoms with E-state index >= 15 is 0 Å². The molecule has 2 rings (SSSR count). The van der Waals surface area contributed by atoms with E-state index in [9.17, 15) is 5.11 Å². The molecular formula is C14H24N4O. The van der Waals surface area contributed by atoms with Crippen LogP contribution in [0.4, 0.5) is 0 Å². The Morgan fingerprint density at radius 2 is 2.37 bits per heavy atom. The van der Waals surface area contributed by atoms with Crippen LogP contribution in [0.15, 0.2) is 24.5 Å². The Kier molecular flexibility index (Phi) is 4.87. The van der Waals surface area contributed by atoms with Crippen LogP contribution in [-0.2, 0) is 0 Å². The number of nitrogens with zero attached hydrogens (tertiary/aromatic N) is 3. The molecule has 1 aromatic heterocycles. The van der Waals surface area contributed by atoms with Crippen LogP contribution in [0.25, 0.3) is 0 Å². The summed E-state index contributed by atoms with van der Waals surface area (Å²) in [6.07, 6.45) is 4.20. The lowest BCUT2D eigenvalue weighted by Crippen LogP contribution is -2.42. The van der Waals surface area contributed by atoms with Gasteiger partial charge in [-0.05, 0) is 32.1 Å². The molecule has 3 N–H and O–H groups in total. The summed E-state index contributed by atoms with van der Waals surface area (Å²) in [6, 6.07) is 4.47. The number of likely N-dealkylation sites (N-methyl/N-ethyl adjacent to an activating group) is 1. The van der Waals surface area contributed by atoms with Gasteiger partial charge in [-0.3, -0.25) is 9.88 Å². The predicted octanol–water partition coefficient (Wildman–Crippen LogP) is 0.0782. The summed E-state index contributed by atoms with van der Waals surface area (Å²) < 4.78 is 0. The number of aliphatic hydroxyl groups excluding tert-OH is 1. The zero-order chi connectivity index (χ0) is 13.8. The van der Waals surface area contributed by atoms with Gasteiger partial charge in [0.15, 0.2) is 0 Å². The molecule has 2 heterocycles. The van der Waals surface area contributed by atoms with Crippen molar-refractivity contribution < 1.29 is 5.11 Å². The zero-order valence-electron chi connectivity index (χ0n) is 11.7. The molecule has 19 heavy (non-hydrogen) atoms. The zero-order valence-corrected chi connectivity index (χ0v) is 11.7. The van der Waals surface area contributed by atoms with Crippen LogP contribution in [0.3, 0.4) is 0 Å². The van der Waals surface area contributed by atoms with Crippen LogP contribution in [0.1, 0.15) is 18.0 Å². The summed E-state index contributed by atoms with van der Waals surface area (Å²) in [5.74, 6) is 0. The van der Waals surface area contributed by atoms with Crippen LogP contribution >= 0.6 is 0 Å². The highest BCUT2D eigenvalue weighted by Crippen LogP contribution is 2.29. The Labute approximate surface area is 115 Å². The molecule has 0 bridgehead atoms. The lowest BCUT2D eigenvalue weighted by atomic mass is 10.1. The molecule has 5 heteroatoms. The maximum absolute atomic E-state index is 9.96. The third-order valence-electron chi connectivity index (χ3n) is 3.70. The summed E-state index contributed by atoms with van der Waals surface area (Å²) >= 11 is 0. The number of pyridine rings is 1. The third kappa shape index (κ3) is 3.51. The third-order valence-corrected chi connectivity index (χ3v) is 3.70. The molecule has 3 unspecified atom stereocenters. The second kappa shape index (κ2) is 6.43. The fraction of sp³-hybridized carbons (Fsp3) is 0.643. The Morgan fingerprint density at radius 3 is 2.95 bits per heavy atom. The summed E-state index contributed by atoms with van der Waals surface area (Å²) in [7, 11) is 4.12. The van der Waals surface area contributed by atoms with Gasteiger partial charge in [-0.25, -0.2) is 0 Å². The van der Waals surface area contributed by atoms with Gasteiger partial charge in [0.2, 0.25) is 0 Å². The molecule has 0 aliphatic carbocycles. The average Bonchev–Trinajstić information content (AvgIpc) is 2.72. The smallest absolute Gasteiger partial charge is 0.0682 e. The minimum atomic E-state index is -0.254. The minimum Gasteiger partial charge on any atom is -0.392 e. The van der Waals surface area contributed by atoms with E-state index in [1.54, 1.807) is 6.20 Å². The molecule has 1 aliphatic heterocycles. The van der Waals surface area contributed by atoms with Gasteiger partial charge in [0, 0.05) is 44.1 Å². The van der Waals surface area contributed by atoms with Crippen LogP contribution in [-0.4, -0.2) is 65.8 Å². The highest BCUT2D eigenvalue weighted by molar-refractivity contribution is 5.16. The van der Waals surface area contributed by atoms with Crippen LogP contribution in [0, 0.1) is 0 Å². The Morgan fingerprint density at radius 1 is 1.58 bits per heavy atom. The van der Waals surface area contributed by atoms with Crippen LogP contribution < -0.4 is 5.73 Å². The van der Waals surface area contributed by atoms with Crippen molar-refractivity contribution in [3.63, 3.8) is 0 Å². The molecule has 106 valence electrons. The number of β-amino-alcohol motifs (C(OH)–C–C–N with tert-alkyl or cyclic N) is 1. The number of aromatic nitrogens is 1. The van der Waals surface area contributed by atoms with Crippen molar-refractivity contribution in [3.8, 4) is 0 Å². The number of hydrogen-bond donors (Lipinski definition) is 2. The molecule has 5 nitrogen and oxygen atoms in total. The molecule has 3 atom stereocenters. The maximum atomic E-state index is 9.96. The monoisotopic (exact) mass is 264 g/mol. The molecule has 0 saturated carbocycles. The number of rotatable bonds is 5. The number of likely N-dealkylation sites (tertiary alicyclic amines) is 1. The number of aliphatic hydroxyl groups is 1. The highest BCUT2D eigenvalue weighted by atomic mass is 16.3. The van der Waals surface area contributed by atoms with Crippen molar-refractivity contribution in [1.29, 1.82) is 0 Å². The van der Waals surface area contributed by atoms with E-state index < -0.39 is 0 Å². The molecule has 0 amide bonds. The Bertz CT molecular complexity index is 384. The SMILES string of the molecule is CN(C)CC1CC(O)CN1C(CN)c1cccnc1. The first-order valence-electron chi connectivity index (χ1n) is 6.80. The lowest BCUT2D eigenvalue weighted by molar-refractivity contribution is 0.139. The van der Waals surface area contributed by atoms with Gasteiger partial charge in [-0.2, -0.15) is 0 Å². The summed E-state index contributed by atoms with van der Waals surface area (Å²) in [4.78, 5) is 8.66. The van der Waals surface area contributed by atoms with Gasteiger partial charge < -0.3 is 15.7 Å². The minimum absolute atomic E-state index is 0.135. The average molecular weight is 264 g/mol. The van der Waals surface area contributed by atoms with E-state index in [1.165, 1.54) is 0 Å². The van der Waals surface area contributed by atoms with Gasteiger partial charge in [0.05, 0.1) is 6.10 Å². The molecule has 1 fully saturated rings. The standard InChI is InChI=1S/C14H24N4O/c1-17(2)9-12-6-13(19)10-18(12)14(7-15)11-4-3-5-16-8-11/h3-5,8,12-14,19H,6-7,9-10,15H2,1-2H3. The molecule has 1 saturated heterocycles. The number of hydrogen-bond acceptors (Lipinski definition) is 5. The van der Waals surface area contributed by atoms with Crippen molar-refractivity contribution in [1.82, 2.24) is 14.8 Å². The quantitative estimate of drug-likeness (QED) is 0.788. The molecule has 1 aromatic rings. The number of nitrogens with two attached hydrogens (primary N) is 1. The van der Waals surface area contributed by atoms with Crippen LogP contribution in [0.2, 0.25) is 0 Å². The van der Waals surface area contributed by atoms with Crippen molar-refractivity contribution in [2.45, 2.75) is 24.6 Å². The van der Waals surface area contributed by atoms with Gasteiger partial charge in [0.1, 0.15) is 0 Å². The van der Waals surface area contributed by atoms with E-state index in [0.29, 0.717) is 19.1 Å². The largest absolute Gasteiger partial charge is 0.392 e. The van der Waals surface area contributed by atoms with E-state index in [0.717, 1.165) is 18.5 Å². The van der Waals surface area contributed by atoms with Gasteiger partial charge in [0.25, 0.3) is 0 Å². The first-order chi connectivity index (χ1) is 9.11. The van der Waals surface area contributed by atoms with Gasteiger partial charge in [-0.1, -0.05) is 6.07 Å². The second-order valence-corrected chi connectivity index (χ2v) is 5.54. The molecule has 0 aromatic carbocycles. The first-order valence-corrected chi connectivity index (χ1v) is 6.80. The fourth-order valence-corrected chi connectivity index (χ4v) is 2.94. The topological polar surface area (TPSA) is 65.6 Å². The summed E-state index contributed by atoms with van der Waals surface area (Å²) in [5, 5.41) is 9.96. The second-order valence-electron chi connectivity index (χ2n) is 5.54. The lowest BCUT2D eigenvalue weighted by Gasteiger charge is -2.33. The van der Waals surface area contributed by atoms with E-state index in [4.69, 9.17) is 5.73 Å². The van der Waals surface area contributed by atoms with Crippen molar-refractivity contribution >= 4 is 0 Å². The molecule has 0 radical (unpaired) electrons. The Balaban J connectivity index is 2.16. The first kappa shape index (κ1) is 14.4. The maximum Gasteiger partial charge on any atom is 0.0682 e. The molecular weight excluding hydrogens is 240 g/mol. The summed E-state index contributed by atoms with van der Waals surface area (Å²) in [5.41, 5.74) is 7.09. The van der Waals surface area contributed by atoms with E-state index in [1.807, 2.05) is 12.3 Å². The van der Waals surface area contributed by atoms with Crippen molar-refractivity contribution in [2.75, 3.05) is 33.7 Å². The van der Waals surface area contributed by atoms with Gasteiger partial charge in [-0.15, -0.1) is 0 Å². The predicted molar refractivity (Wildman–Crippen MR) is 75.7 cm³/mol. The van der Waals surface area contributed by atoms with Crippen molar-refractivity contribution in [2.24, 2.45) is 5.73 Å². The molecule has 1 aliphatic rings. The molecule has 0 spiro atoms. The highest BCUT2D eigenvalue weighted by Gasteiger charge is 2.35. The fourth-order valence-electron chi connectivity index (χ4n) is 2.94. The van der Waals surface area contributed by atoms with Gasteiger partial charge >= 0.3 is 0 Å². The van der Waals surface area contributed by atoms with E-state index in [2.05, 4.69) is 34.9 Å². The van der Waals surface area contributed by atoms with E-state index in [-0.39, 0.29) is 12.1 Å². The summed E-state index contributed by atoms with van der Waals surface area (Å²) in [6.45, 7) is 2.17. The normalized spacial score (nSPS) is 25.9.